The number of carbonyl (C=O) groups is 1. The number of rotatable bonds is 6. The van der Waals surface area contributed by atoms with Crippen molar-refractivity contribution in [2.24, 2.45) is 5.41 Å². The lowest BCUT2D eigenvalue weighted by Gasteiger charge is -2.25. The van der Waals surface area contributed by atoms with Crippen molar-refractivity contribution in [3.05, 3.63) is 39.9 Å². The van der Waals surface area contributed by atoms with Gasteiger partial charge in [0.05, 0.1) is 22.5 Å². The summed E-state index contributed by atoms with van der Waals surface area (Å²) in [6, 6.07) is 7.12. The number of benzene rings is 1. The van der Waals surface area contributed by atoms with E-state index in [1.54, 1.807) is 34.7 Å². The van der Waals surface area contributed by atoms with Crippen LogP contribution >= 0.6 is 0 Å². The maximum atomic E-state index is 13.2. The van der Waals surface area contributed by atoms with Crippen LogP contribution in [0.25, 0.3) is 10.9 Å². The second kappa shape index (κ2) is 9.51. The number of carbonyl (C=O) groups excluding carboxylic acids is 1. The molecule has 2 rings (SSSR count). The van der Waals surface area contributed by atoms with Gasteiger partial charge >= 0.3 is 6.09 Å². The van der Waals surface area contributed by atoms with Gasteiger partial charge < -0.3 is 9.64 Å². The zero-order chi connectivity index (χ0) is 23.4. The Morgan fingerprint density at radius 3 is 2.45 bits per heavy atom. The summed E-state index contributed by atoms with van der Waals surface area (Å²) in [5.41, 5.74) is 0.325. The second-order valence-corrected chi connectivity index (χ2v) is 10.2. The molecule has 0 spiro atoms. The molecule has 0 unspecified atom stereocenters. The third kappa shape index (κ3) is 7.09. The van der Waals surface area contributed by atoms with Crippen molar-refractivity contribution in [2.75, 3.05) is 13.6 Å². The van der Waals surface area contributed by atoms with Crippen LogP contribution in [0.5, 0.6) is 0 Å². The standard InChI is InChI=1S/C24H34N4O3/c1-23(2,3)16-28-20(10-8-9-13-27(7)22(30)31-24(4,5)6)26-19-12-11-17(15-25)14-18(19)21(28)29/h11-12,14H,8-10,13,16H2,1-7H3. The largest absolute Gasteiger partial charge is 0.444 e. The minimum absolute atomic E-state index is 0.0995. The average molecular weight is 427 g/mol. The molecule has 0 aliphatic heterocycles. The fourth-order valence-corrected chi connectivity index (χ4v) is 3.23. The molecule has 2 aromatic rings. The molecule has 0 saturated heterocycles. The van der Waals surface area contributed by atoms with Crippen LogP contribution in [-0.4, -0.2) is 39.7 Å². The Kier molecular flexibility index (Phi) is 7.48. The van der Waals surface area contributed by atoms with Gasteiger partial charge in [0.15, 0.2) is 0 Å². The molecule has 0 N–H and O–H groups in total. The van der Waals surface area contributed by atoms with Crippen LogP contribution in [0, 0.1) is 16.7 Å². The third-order valence-electron chi connectivity index (χ3n) is 4.64. The molecule has 0 saturated carbocycles. The predicted octanol–water partition coefficient (Wildman–Crippen LogP) is 4.50. The fraction of sp³-hybridized carbons (Fsp3) is 0.583. The summed E-state index contributed by atoms with van der Waals surface area (Å²) in [5, 5.41) is 9.64. The Labute approximate surface area is 184 Å². The summed E-state index contributed by atoms with van der Waals surface area (Å²) < 4.78 is 7.12. The molecule has 7 nitrogen and oxygen atoms in total. The first-order chi connectivity index (χ1) is 14.3. The number of unbranched alkanes of at least 4 members (excludes halogenated alkanes) is 1. The monoisotopic (exact) mass is 426 g/mol. The highest BCUT2D eigenvalue weighted by Gasteiger charge is 2.20. The normalized spacial score (nSPS) is 11.9. The van der Waals surface area contributed by atoms with Crippen LogP contribution in [0.1, 0.15) is 65.8 Å². The zero-order valence-electron chi connectivity index (χ0n) is 19.8. The molecule has 1 heterocycles. The van der Waals surface area contributed by atoms with Gasteiger partial charge in [-0.25, -0.2) is 9.78 Å². The van der Waals surface area contributed by atoms with Gasteiger partial charge in [0.1, 0.15) is 11.4 Å². The van der Waals surface area contributed by atoms with E-state index < -0.39 is 5.60 Å². The van der Waals surface area contributed by atoms with Crippen LogP contribution < -0.4 is 5.56 Å². The van der Waals surface area contributed by atoms with Crippen molar-refractivity contribution >= 4 is 17.0 Å². The van der Waals surface area contributed by atoms with E-state index in [4.69, 9.17) is 9.72 Å². The zero-order valence-corrected chi connectivity index (χ0v) is 19.8. The number of nitriles is 1. The number of amides is 1. The van der Waals surface area contributed by atoms with Crippen LogP contribution in [0.2, 0.25) is 0 Å². The highest BCUT2D eigenvalue weighted by molar-refractivity contribution is 5.79. The minimum atomic E-state index is -0.519. The van der Waals surface area contributed by atoms with Crippen molar-refractivity contribution in [1.29, 1.82) is 5.26 Å². The molecule has 0 radical (unpaired) electrons. The summed E-state index contributed by atoms with van der Waals surface area (Å²) in [7, 11) is 1.73. The van der Waals surface area contributed by atoms with Crippen molar-refractivity contribution < 1.29 is 9.53 Å². The van der Waals surface area contributed by atoms with Crippen LogP contribution in [0.4, 0.5) is 4.79 Å². The Morgan fingerprint density at radius 2 is 1.87 bits per heavy atom. The van der Waals surface area contributed by atoms with Gasteiger partial charge in [0, 0.05) is 26.6 Å². The van der Waals surface area contributed by atoms with E-state index in [1.165, 1.54) is 0 Å². The van der Waals surface area contributed by atoms with E-state index in [9.17, 15) is 14.9 Å². The summed E-state index contributed by atoms with van der Waals surface area (Å²) >= 11 is 0. The second-order valence-electron chi connectivity index (χ2n) is 10.2. The molecule has 0 bridgehead atoms. The number of fused-ring (bicyclic) bond motifs is 1. The maximum absolute atomic E-state index is 13.2. The predicted molar refractivity (Wildman–Crippen MR) is 122 cm³/mol. The van der Waals surface area contributed by atoms with Gasteiger partial charge in [-0.3, -0.25) is 9.36 Å². The van der Waals surface area contributed by atoms with Gasteiger partial charge in [-0.15, -0.1) is 0 Å². The molecule has 1 aromatic carbocycles. The molecule has 0 atom stereocenters. The Morgan fingerprint density at radius 1 is 1.19 bits per heavy atom. The number of aryl methyl sites for hydroxylation is 1. The first-order valence-electron chi connectivity index (χ1n) is 10.7. The smallest absolute Gasteiger partial charge is 0.410 e. The summed E-state index contributed by atoms with van der Waals surface area (Å²) in [4.78, 5) is 31.6. The Hall–Kier alpha value is -2.88. The van der Waals surface area contributed by atoms with Crippen LogP contribution in [0.3, 0.4) is 0 Å². The topological polar surface area (TPSA) is 88.2 Å². The number of hydrogen-bond acceptors (Lipinski definition) is 5. The van der Waals surface area contributed by atoms with Gasteiger partial charge in [0.2, 0.25) is 0 Å². The Balaban J connectivity index is 2.19. The van der Waals surface area contributed by atoms with Crippen molar-refractivity contribution in [2.45, 2.75) is 73.0 Å². The third-order valence-corrected chi connectivity index (χ3v) is 4.64. The lowest BCUT2D eigenvalue weighted by molar-refractivity contribution is 0.0296. The number of hydrogen-bond donors (Lipinski definition) is 0. The molecule has 168 valence electrons. The van der Waals surface area contributed by atoms with Gasteiger partial charge in [0.25, 0.3) is 5.56 Å². The first-order valence-corrected chi connectivity index (χ1v) is 10.7. The molecule has 31 heavy (non-hydrogen) atoms. The van der Waals surface area contributed by atoms with E-state index in [1.807, 2.05) is 20.8 Å². The number of ether oxygens (including phenoxy) is 1. The minimum Gasteiger partial charge on any atom is -0.444 e. The molecule has 1 aromatic heterocycles. The van der Waals surface area contributed by atoms with E-state index in [0.717, 1.165) is 18.7 Å². The van der Waals surface area contributed by atoms with Crippen molar-refractivity contribution in [3.8, 4) is 6.07 Å². The summed E-state index contributed by atoms with van der Waals surface area (Å²) in [5.74, 6) is 0.733. The first kappa shape index (κ1) is 24.4. The van der Waals surface area contributed by atoms with Crippen molar-refractivity contribution in [3.63, 3.8) is 0 Å². The van der Waals surface area contributed by atoms with Crippen molar-refractivity contribution in [1.82, 2.24) is 14.5 Å². The highest BCUT2D eigenvalue weighted by Crippen LogP contribution is 2.19. The number of nitrogens with zero attached hydrogens (tertiary/aromatic N) is 4. The van der Waals surface area contributed by atoms with Crippen LogP contribution in [-0.2, 0) is 17.7 Å². The molecule has 0 aliphatic rings. The number of aromatic nitrogens is 2. The molecular weight excluding hydrogens is 392 g/mol. The van der Waals surface area contributed by atoms with E-state index in [0.29, 0.717) is 36.0 Å². The van der Waals surface area contributed by atoms with E-state index in [-0.39, 0.29) is 17.1 Å². The fourth-order valence-electron chi connectivity index (χ4n) is 3.23. The molecule has 0 aliphatic carbocycles. The van der Waals surface area contributed by atoms with Gasteiger partial charge in [-0.2, -0.15) is 5.26 Å². The van der Waals surface area contributed by atoms with Gasteiger partial charge in [-0.05, 0) is 57.2 Å². The maximum Gasteiger partial charge on any atom is 0.410 e. The molecule has 0 fully saturated rings. The molecule has 7 heteroatoms. The van der Waals surface area contributed by atoms with Gasteiger partial charge in [-0.1, -0.05) is 20.8 Å². The van der Waals surface area contributed by atoms with E-state index >= 15 is 0 Å². The highest BCUT2D eigenvalue weighted by atomic mass is 16.6. The summed E-state index contributed by atoms with van der Waals surface area (Å²) in [6.07, 6.45) is 1.84. The summed E-state index contributed by atoms with van der Waals surface area (Å²) in [6.45, 7) is 12.9. The average Bonchev–Trinajstić information content (AvgIpc) is 2.65. The SMILES string of the molecule is CN(CCCCc1nc2ccc(C#N)cc2c(=O)n1CC(C)(C)C)C(=O)OC(C)(C)C. The lowest BCUT2D eigenvalue weighted by atomic mass is 9.96. The quantitative estimate of drug-likeness (QED) is 0.635. The lowest BCUT2D eigenvalue weighted by Crippen LogP contribution is -2.34. The molecular formula is C24H34N4O3. The van der Waals surface area contributed by atoms with E-state index in [2.05, 4.69) is 26.8 Å². The molecule has 1 amide bonds. The Bertz CT molecular complexity index is 1040. The van der Waals surface area contributed by atoms with Crippen LogP contribution in [0.15, 0.2) is 23.0 Å².